The molecule has 3 heteroatoms. The molecule has 1 N–H and O–H groups in total. The third-order valence-corrected chi connectivity index (χ3v) is 2.70. The Balaban J connectivity index is 2.11. The molecule has 2 rings (SSSR count). The Morgan fingerprint density at radius 3 is 2.65 bits per heavy atom. The van der Waals surface area contributed by atoms with Crippen molar-refractivity contribution in [2.45, 2.75) is 6.54 Å². The average molecular weight is 227 g/mol. The fraction of sp³-hybridized carbons (Fsp3) is 0.214. The third-order valence-electron chi connectivity index (χ3n) is 2.70. The molecular formula is C14H17N3. The number of benzene rings is 1. The summed E-state index contributed by atoms with van der Waals surface area (Å²) in [6.45, 7) is 0.897. The zero-order valence-corrected chi connectivity index (χ0v) is 10.2. The molecule has 0 aliphatic rings. The summed E-state index contributed by atoms with van der Waals surface area (Å²) >= 11 is 0. The van der Waals surface area contributed by atoms with E-state index in [1.807, 2.05) is 31.4 Å². The monoisotopic (exact) mass is 227 g/mol. The maximum absolute atomic E-state index is 4.21. The van der Waals surface area contributed by atoms with E-state index in [0.717, 1.165) is 18.1 Å². The number of rotatable bonds is 4. The Kier molecular flexibility index (Phi) is 3.60. The van der Waals surface area contributed by atoms with Crippen LogP contribution in [0.25, 0.3) is 0 Å². The molecule has 0 fully saturated rings. The van der Waals surface area contributed by atoms with Gasteiger partial charge in [-0.05, 0) is 11.6 Å². The minimum atomic E-state index is 0.891. The van der Waals surface area contributed by atoms with E-state index in [9.17, 15) is 0 Å². The quantitative estimate of drug-likeness (QED) is 0.870. The Bertz CT molecular complexity index is 468. The van der Waals surface area contributed by atoms with Crippen LogP contribution in [-0.4, -0.2) is 19.1 Å². The summed E-state index contributed by atoms with van der Waals surface area (Å²) in [4.78, 5) is 6.42. The highest BCUT2D eigenvalue weighted by molar-refractivity contribution is 5.53. The largest absolute Gasteiger partial charge is 0.373 e. The third kappa shape index (κ3) is 2.97. The number of pyridine rings is 1. The van der Waals surface area contributed by atoms with Crippen LogP contribution in [0.1, 0.15) is 5.56 Å². The standard InChI is InChI=1S/C14H17N3/c1-15-14-10-13(8-9-16-14)17(2)11-12-6-4-3-5-7-12/h3-10H,11H2,1-2H3,(H,15,16). The smallest absolute Gasteiger partial charge is 0.127 e. The van der Waals surface area contributed by atoms with Crippen LogP contribution in [0.3, 0.4) is 0 Å². The van der Waals surface area contributed by atoms with E-state index in [2.05, 4.69) is 46.5 Å². The van der Waals surface area contributed by atoms with Gasteiger partial charge in [0.1, 0.15) is 5.82 Å². The lowest BCUT2D eigenvalue weighted by Crippen LogP contribution is -2.16. The molecule has 1 aromatic carbocycles. The van der Waals surface area contributed by atoms with Crippen LogP contribution in [0, 0.1) is 0 Å². The molecule has 0 radical (unpaired) electrons. The highest BCUT2D eigenvalue weighted by Gasteiger charge is 2.02. The fourth-order valence-electron chi connectivity index (χ4n) is 1.74. The second kappa shape index (κ2) is 5.34. The number of nitrogens with zero attached hydrogens (tertiary/aromatic N) is 2. The summed E-state index contributed by atoms with van der Waals surface area (Å²) < 4.78 is 0. The molecule has 0 aliphatic carbocycles. The van der Waals surface area contributed by atoms with E-state index in [1.54, 1.807) is 0 Å². The summed E-state index contributed by atoms with van der Waals surface area (Å²) in [5.41, 5.74) is 2.46. The second-order valence-corrected chi connectivity index (χ2v) is 3.99. The zero-order chi connectivity index (χ0) is 12.1. The summed E-state index contributed by atoms with van der Waals surface area (Å²) in [5, 5.41) is 3.05. The maximum Gasteiger partial charge on any atom is 0.127 e. The van der Waals surface area contributed by atoms with Crippen molar-refractivity contribution in [1.29, 1.82) is 0 Å². The van der Waals surface area contributed by atoms with Gasteiger partial charge in [0.05, 0.1) is 0 Å². The van der Waals surface area contributed by atoms with Crippen molar-refractivity contribution in [3.63, 3.8) is 0 Å². The molecule has 17 heavy (non-hydrogen) atoms. The highest BCUT2D eigenvalue weighted by atomic mass is 15.1. The molecule has 88 valence electrons. The van der Waals surface area contributed by atoms with Gasteiger partial charge in [-0.15, -0.1) is 0 Å². The topological polar surface area (TPSA) is 28.2 Å². The van der Waals surface area contributed by atoms with E-state index in [4.69, 9.17) is 0 Å². The fourth-order valence-corrected chi connectivity index (χ4v) is 1.74. The predicted octanol–water partition coefficient (Wildman–Crippen LogP) is 2.76. The molecule has 2 aromatic rings. The van der Waals surface area contributed by atoms with Crippen molar-refractivity contribution in [2.24, 2.45) is 0 Å². The van der Waals surface area contributed by atoms with Crippen LogP contribution in [0.5, 0.6) is 0 Å². The molecule has 0 saturated carbocycles. The van der Waals surface area contributed by atoms with E-state index in [-0.39, 0.29) is 0 Å². The number of hydrogen-bond acceptors (Lipinski definition) is 3. The van der Waals surface area contributed by atoms with E-state index >= 15 is 0 Å². The van der Waals surface area contributed by atoms with Gasteiger partial charge in [-0.2, -0.15) is 0 Å². The first-order valence-electron chi connectivity index (χ1n) is 5.68. The molecule has 1 heterocycles. The molecule has 0 spiro atoms. The molecule has 3 nitrogen and oxygen atoms in total. The highest BCUT2D eigenvalue weighted by Crippen LogP contribution is 2.17. The summed E-state index contributed by atoms with van der Waals surface area (Å²) in [6.07, 6.45) is 1.82. The van der Waals surface area contributed by atoms with Crippen LogP contribution in [0.4, 0.5) is 11.5 Å². The van der Waals surface area contributed by atoms with Gasteiger partial charge in [-0.25, -0.2) is 4.98 Å². The Morgan fingerprint density at radius 2 is 1.94 bits per heavy atom. The van der Waals surface area contributed by atoms with Crippen LogP contribution >= 0.6 is 0 Å². The Morgan fingerprint density at radius 1 is 1.18 bits per heavy atom. The van der Waals surface area contributed by atoms with E-state index < -0.39 is 0 Å². The molecule has 0 saturated heterocycles. The van der Waals surface area contributed by atoms with Crippen molar-refractivity contribution in [2.75, 3.05) is 24.3 Å². The minimum Gasteiger partial charge on any atom is -0.373 e. The molecule has 0 aliphatic heterocycles. The van der Waals surface area contributed by atoms with Gasteiger partial charge in [0.15, 0.2) is 0 Å². The van der Waals surface area contributed by atoms with Crippen LogP contribution in [0.15, 0.2) is 48.7 Å². The predicted molar refractivity (Wildman–Crippen MR) is 72.3 cm³/mol. The van der Waals surface area contributed by atoms with Crippen LogP contribution in [0.2, 0.25) is 0 Å². The van der Waals surface area contributed by atoms with Gasteiger partial charge >= 0.3 is 0 Å². The van der Waals surface area contributed by atoms with E-state index in [1.165, 1.54) is 5.56 Å². The number of aromatic nitrogens is 1. The van der Waals surface area contributed by atoms with Crippen LogP contribution < -0.4 is 10.2 Å². The average Bonchev–Trinajstić information content (AvgIpc) is 2.40. The molecule has 0 atom stereocenters. The normalized spacial score (nSPS) is 10.0. The van der Waals surface area contributed by atoms with Crippen LogP contribution in [-0.2, 0) is 6.54 Å². The molecule has 0 amide bonds. The van der Waals surface area contributed by atoms with Gasteiger partial charge in [-0.1, -0.05) is 30.3 Å². The number of anilines is 2. The lowest BCUT2D eigenvalue weighted by Gasteiger charge is -2.19. The van der Waals surface area contributed by atoms with Crippen molar-refractivity contribution >= 4 is 11.5 Å². The lowest BCUT2D eigenvalue weighted by molar-refractivity contribution is 0.921. The number of hydrogen-bond donors (Lipinski definition) is 1. The van der Waals surface area contributed by atoms with Crippen molar-refractivity contribution in [3.8, 4) is 0 Å². The zero-order valence-electron chi connectivity index (χ0n) is 10.2. The summed E-state index contributed by atoms with van der Waals surface area (Å²) in [5.74, 6) is 0.891. The number of nitrogens with one attached hydrogen (secondary N) is 1. The Labute approximate surface area is 102 Å². The molecule has 1 aromatic heterocycles. The van der Waals surface area contributed by atoms with Crippen molar-refractivity contribution < 1.29 is 0 Å². The van der Waals surface area contributed by atoms with Gasteiger partial charge in [0.25, 0.3) is 0 Å². The summed E-state index contributed by atoms with van der Waals surface area (Å²) in [7, 11) is 3.96. The van der Waals surface area contributed by atoms with Gasteiger partial charge < -0.3 is 10.2 Å². The molecular weight excluding hydrogens is 210 g/mol. The lowest BCUT2D eigenvalue weighted by atomic mass is 10.2. The maximum atomic E-state index is 4.21. The SMILES string of the molecule is CNc1cc(N(C)Cc2ccccc2)ccn1. The molecule has 0 unspecified atom stereocenters. The van der Waals surface area contributed by atoms with Gasteiger partial charge in [0, 0.05) is 38.6 Å². The van der Waals surface area contributed by atoms with E-state index in [0.29, 0.717) is 0 Å². The molecule has 0 bridgehead atoms. The Hall–Kier alpha value is -2.03. The van der Waals surface area contributed by atoms with Gasteiger partial charge in [0.2, 0.25) is 0 Å². The van der Waals surface area contributed by atoms with Crippen molar-refractivity contribution in [3.05, 3.63) is 54.2 Å². The first-order chi connectivity index (χ1) is 8.29. The minimum absolute atomic E-state index is 0.891. The van der Waals surface area contributed by atoms with Gasteiger partial charge in [-0.3, -0.25) is 0 Å². The first-order valence-corrected chi connectivity index (χ1v) is 5.68. The first kappa shape index (κ1) is 11.5. The second-order valence-electron chi connectivity index (χ2n) is 3.99. The van der Waals surface area contributed by atoms with Crippen molar-refractivity contribution in [1.82, 2.24) is 4.98 Å². The summed E-state index contributed by atoms with van der Waals surface area (Å²) in [6, 6.07) is 14.5.